The number of aryl methyl sites for hydroxylation is 2. The second-order valence-corrected chi connectivity index (χ2v) is 8.03. The number of hydrogen-bond acceptors (Lipinski definition) is 3. The lowest BCUT2D eigenvalue weighted by Crippen LogP contribution is -2.06. The third-order valence-electron chi connectivity index (χ3n) is 5.02. The lowest BCUT2D eigenvalue weighted by atomic mass is 10.0. The van der Waals surface area contributed by atoms with Gasteiger partial charge in [-0.1, -0.05) is 47.5 Å². The Morgan fingerprint density at radius 3 is 2.42 bits per heavy atom. The number of halogens is 1. The summed E-state index contributed by atoms with van der Waals surface area (Å²) in [5.41, 5.74) is 6.89. The van der Waals surface area contributed by atoms with Crippen molar-refractivity contribution in [2.75, 3.05) is 11.9 Å². The van der Waals surface area contributed by atoms with Gasteiger partial charge in [-0.2, -0.15) is 0 Å². The van der Waals surface area contributed by atoms with Gasteiger partial charge in [0, 0.05) is 22.8 Å². The van der Waals surface area contributed by atoms with Crippen LogP contribution in [0.1, 0.15) is 34.7 Å². The van der Waals surface area contributed by atoms with Gasteiger partial charge >= 0.3 is 0 Å². The molecule has 0 aliphatic rings. The van der Waals surface area contributed by atoms with Crippen LogP contribution in [0.15, 0.2) is 67.3 Å². The van der Waals surface area contributed by atoms with Gasteiger partial charge < -0.3 is 14.8 Å². The molecule has 0 saturated carbocycles. The van der Waals surface area contributed by atoms with Crippen LogP contribution in [0.25, 0.3) is 0 Å². The summed E-state index contributed by atoms with van der Waals surface area (Å²) in [5.74, 6) is 1.53. The summed E-state index contributed by atoms with van der Waals surface area (Å²) in [7, 11) is 0. The largest absolute Gasteiger partial charge is 0.490 e. The standard InChI is InChI=1S/C27H30ClNO2/c1-5-7-23-15-22(17-29-25-13-8-19(3)14-20(25)4)16-26(30-6-2)27(23)31-18-21-9-11-24(28)12-10-21/h5,8-16,29H,1,6-7,17-18H2,2-4H3. The molecule has 0 amide bonds. The van der Waals surface area contributed by atoms with Crippen molar-refractivity contribution in [2.45, 2.75) is 40.3 Å². The molecule has 0 bridgehead atoms. The number of benzene rings is 3. The maximum atomic E-state index is 6.21. The number of hydrogen-bond donors (Lipinski definition) is 1. The van der Waals surface area contributed by atoms with Gasteiger partial charge in [0.2, 0.25) is 0 Å². The van der Waals surface area contributed by atoms with Crippen LogP contribution in [-0.4, -0.2) is 6.61 Å². The smallest absolute Gasteiger partial charge is 0.165 e. The van der Waals surface area contributed by atoms with Crippen molar-refractivity contribution in [3.8, 4) is 11.5 Å². The summed E-state index contributed by atoms with van der Waals surface area (Å²) in [6.45, 7) is 11.8. The van der Waals surface area contributed by atoms with Crippen molar-refractivity contribution < 1.29 is 9.47 Å². The summed E-state index contributed by atoms with van der Waals surface area (Å²) in [4.78, 5) is 0. The van der Waals surface area contributed by atoms with Crippen LogP contribution in [0, 0.1) is 13.8 Å². The van der Waals surface area contributed by atoms with Gasteiger partial charge in [0.1, 0.15) is 6.61 Å². The van der Waals surface area contributed by atoms with E-state index < -0.39 is 0 Å². The molecule has 4 heteroatoms. The molecule has 31 heavy (non-hydrogen) atoms. The molecule has 0 aliphatic carbocycles. The molecule has 162 valence electrons. The first-order valence-corrected chi connectivity index (χ1v) is 11.0. The van der Waals surface area contributed by atoms with Crippen LogP contribution in [0.2, 0.25) is 5.02 Å². The summed E-state index contributed by atoms with van der Waals surface area (Å²) in [6, 6.07) is 18.3. The number of nitrogens with one attached hydrogen (secondary N) is 1. The zero-order valence-corrected chi connectivity index (χ0v) is 19.3. The molecule has 0 aromatic heterocycles. The van der Waals surface area contributed by atoms with Gasteiger partial charge in [0.05, 0.1) is 6.61 Å². The third-order valence-corrected chi connectivity index (χ3v) is 5.27. The minimum atomic E-state index is 0.446. The fourth-order valence-corrected chi connectivity index (χ4v) is 3.63. The maximum absolute atomic E-state index is 6.21. The normalized spacial score (nSPS) is 10.6. The molecule has 0 atom stereocenters. The van der Waals surface area contributed by atoms with Crippen LogP contribution in [0.4, 0.5) is 5.69 Å². The van der Waals surface area contributed by atoms with Crippen molar-refractivity contribution >= 4 is 17.3 Å². The van der Waals surface area contributed by atoms with Gasteiger partial charge in [-0.15, -0.1) is 6.58 Å². The van der Waals surface area contributed by atoms with E-state index in [1.165, 1.54) is 11.1 Å². The highest BCUT2D eigenvalue weighted by atomic mass is 35.5. The zero-order chi connectivity index (χ0) is 22.2. The molecule has 0 saturated heterocycles. The Morgan fingerprint density at radius 1 is 0.968 bits per heavy atom. The molecule has 3 nitrogen and oxygen atoms in total. The van der Waals surface area contributed by atoms with E-state index in [1.54, 1.807) is 0 Å². The van der Waals surface area contributed by atoms with Crippen molar-refractivity contribution in [3.63, 3.8) is 0 Å². The summed E-state index contributed by atoms with van der Waals surface area (Å²) < 4.78 is 12.2. The van der Waals surface area contributed by atoms with Crippen molar-refractivity contribution in [3.05, 3.63) is 100 Å². The van der Waals surface area contributed by atoms with Gasteiger partial charge in [0.25, 0.3) is 0 Å². The second-order valence-electron chi connectivity index (χ2n) is 7.60. The molecule has 3 rings (SSSR count). The number of anilines is 1. The van der Waals surface area contributed by atoms with Gasteiger partial charge in [-0.25, -0.2) is 0 Å². The Kier molecular flexibility index (Phi) is 8.02. The molecule has 0 fully saturated rings. The highest BCUT2D eigenvalue weighted by molar-refractivity contribution is 6.30. The summed E-state index contributed by atoms with van der Waals surface area (Å²) >= 11 is 5.99. The molecule has 0 radical (unpaired) electrons. The van der Waals surface area contributed by atoms with Crippen molar-refractivity contribution in [1.29, 1.82) is 0 Å². The van der Waals surface area contributed by atoms with Gasteiger partial charge in [0.15, 0.2) is 11.5 Å². The van der Waals surface area contributed by atoms with Crippen molar-refractivity contribution in [1.82, 2.24) is 0 Å². The number of rotatable bonds is 10. The molecule has 1 N–H and O–H groups in total. The van der Waals surface area contributed by atoms with E-state index in [1.807, 2.05) is 37.3 Å². The average Bonchev–Trinajstić information content (AvgIpc) is 2.74. The van der Waals surface area contributed by atoms with E-state index >= 15 is 0 Å². The first kappa shape index (κ1) is 22.8. The fraction of sp³-hybridized carbons (Fsp3) is 0.259. The fourth-order valence-electron chi connectivity index (χ4n) is 3.50. The SMILES string of the molecule is C=CCc1cc(CNc2ccc(C)cc2C)cc(OCC)c1OCc1ccc(Cl)cc1. The topological polar surface area (TPSA) is 30.5 Å². The maximum Gasteiger partial charge on any atom is 0.165 e. The molecule has 3 aromatic rings. The number of allylic oxidation sites excluding steroid dienone is 1. The molecular weight excluding hydrogens is 406 g/mol. The first-order valence-electron chi connectivity index (χ1n) is 10.6. The lowest BCUT2D eigenvalue weighted by Gasteiger charge is -2.18. The van der Waals surface area contributed by atoms with E-state index in [0.717, 1.165) is 33.9 Å². The monoisotopic (exact) mass is 435 g/mol. The average molecular weight is 436 g/mol. The van der Waals surface area contributed by atoms with E-state index in [-0.39, 0.29) is 0 Å². The lowest BCUT2D eigenvalue weighted by molar-refractivity contribution is 0.267. The molecule has 0 spiro atoms. The van der Waals surface area contributed by atoms with E-state index in [9.17, 15) is 0 Å². The van der Waals surface area contributed by atoms with E-state index in [0.29, 0.717) is 31.2 Å². The molecule has 0 unspecified atom stereocenters. The summed E-state index contributed by atoms with van der Waals surface area (Å²) in [6.07, 6.45) is 2.59. The van der Waals surface area contributed by atoms with E-state index in [4.69, 9.17) is 21.1 Å². The third kappa shape index (κ3) is 6.28. The zero-order valence-electron chi connectivity index (χ0n) is 18.5. The van der Waals surface area contributed by atoms with Gasteiger partial charge in [-0.3, -0.25) is 0 Å². The van der Waals surface area contributed by atoms with Crippen LogP contribution in [0.5, 0.6) is 11.5 Å². The van der Waals surface area contributed by atoms with E-state index in [2.05, 4.69) is 56.1 Å². The molecule has 0 aliphatic heterocycles. The predicted octanol–water partition coefficient (Wildman–Crippen LogP) is 7.28. The Labute approximate surface area is 190 Å². The molecule has 3 aromatic carbocycles. The Balaban J connectivity index is 1.84. The van der Waals surface area contributed by atoms with Crippen LogP contribution < -0.4 is 14.8 Å². The minimum Gasteiger partial charge on any atom is -0.490 e. The van der Waals surface area contributed by atoms with Crippen LogP contribution in [0.3, 0.4) is 0 Å². The Bertz CT molecular complexity index is 1030. The minimum absolute atomic E-state index is 0.446. The van der Waals surface area contributed by atoms with Crippen LogP contribution in [-0.2, 0) is 19.6 Å². The second kappa shape index (κ2) is 10.9. The Hall–Kier alpha value is -2.91. The van der Waals surface area contributed by atoms with Gasteiger partial charge in [-0.05, 0) is 74.2 Å². The Morgan fingerprint density at radius 2 is 1.74 bits per heavy atom. The van der Waals surface area contributed by atoms with Crippen molar-refractivity contribution in [2.24, 2.45) is 0 Å². The predicted molar refractivity (Wildman–Crippen MR) is 131 cm³/mol. The molecule has 0 heterocycles. The number of ether oxygens (including phenoxy) is 2. The quantitative estimate of drug-likeness (QED) is 0.339. The van der Waals surface area contributed by atoms with Crippen LogP contribution >= 0.6 is 11.6 Å². The summed E-state index contributed by atoms with van der Waals surface area (Å²) in [5, 5.41) is 4.26. The highest BCUT2D eigenvalue weighted by Crippen LogP contribution is 2.35. The first-order chi connectivity index (χ1) is 15.0. The molecular formula is C27H30ClNO2. The highest BCUT2D eigenvalue weighted by Gasteiger charge is 2.14.